The fraction of sp³-hybridized carbons (Fsp3) is 0.333. The maximum absolute atomic E-state index is 9.25. The van der Waals surface area contributed by atoms with Gasteiger partial charge in [-0.15, -0.1) is 0 Å². The number of hydrogen-bond acceptors (Lipinski definition) is 3. The monoisotopic (exact) mass is 167 g/mol. The predicted octanol–water partition coefficient (Wildman–Crippen LogP) is 1.42. The van der Waals surface area contributed by atoms with Crippen molar-refractivity contribution in [3.63, 3.8) is 0 Å². The second-order valence-corrected chi connectivity index (χ2v) is 2.72. The lowest BCUT2D eigenvalue weighted by molar-refractivity contribution is 0.372. The van der Waals surface area contributed by atoms with Crippen molar-refractivity contribution in [3.05, 3.63) is 23.8 Å². The molecule has 0 saturated heterocycles. The van der Waals surface area contributed by atoms with Crippen molar-refractivity contribution < 1.29 is 9.84 Å². The SMILES string of the molecule is COc1cc([C@H](C)N)ccc1O. The van der Waals surface area contributed by atoms with Crippen LogP contribution in [0.1, 0.15) is 18.5 Å². The van der Waals surface area contributed by atoms with E-state index in [0.29, 0.717) is 5.75 Å². The molecule has 66 valence electrons. The normalized spacial score (nSPS) is 12.6. The first kappa shape index (κ1) is 8.87. The first-order chi connectivity index (χ1) is 5.65. The molecule has 1 aromatic rings. The van der Waals surface area contributed by atoms with Gasteiger partial charge in [0.25, 0.3) is 0 Å². The zero-order valence-corrected chi connectivity index (χ0v) is 7.24. The van der Waals surface area contributed by atoms with Crippen LogP contribution in [-0.2, 0) is 0 Å². The molecule has 3 nitrogen and oxygen atoms in total. The quantitative estimate of drug-likeness (QED) is 0.700. The molecule has 1 atom stereocenters. The van der Waals surface area contributed by atoms with Crippen molar-refractivity contribution in [2.75, 3.05) is 7.11 Å². The third kappa shape index (κ3) is 1.68. The average molecular weight is 167 g/mol. The van der Waals surface area contributed by atoms with Crippen LogP contribution < -0.4 is 10.5 Å². The number of benzene rings is 1. The molecule has 0 radical (unpaired) electrons. The summed E-state index contributed by atoms with van der Waals surface area (Å²) in [6.45, 7) is 1.88. The Kier molecular flexibility index (Phi) is 2.55. The molecule has 0 bridgehead atoms. The zero-order valence-electron chi connectivity index (χ0n) is 7.24. The molecule has 0 aliphatic rings. The lowest BCUT2D eigenvalue weighted by Crippen LogP contribution is -2.04. The Hall–Kier alpha value is -1.22. The molecule has 0 aliphatic heterocycles. The van der Waals surface area contributed by atoms with Crippen molar-refractivity contribution >= 4 is 0 Å². The summed E-state index contributed by atoms with van der Waals surface area (Å²) < 4.78 is 4.93. The minimum absolute atomic E-state index is 0.0421. The number of ether oxygens (including phenoxy) is 1. The van der Waals surface area contributed by atoms with E-state index in [2.05, 4.69) is 0 Å². The van der Waals surface area contributed by atoms with Gasteiger partial charge in [0.1, 0.15) is 0 Å². The minimum Gasteiger partial charge on any atom is -0.504 e. The van der Waals surface area contributed by atoms with Crippen molar-refractivity contribution in [3.8, 4) is 11.5 Å². The lowest BCUT2D eigenvalue weighted by atomic mass is 10.1. The summed E-state index contributed by atoms with van der Waals surface area (Å²) in [4.78, 5) is 0. The van der Waals surface area contributed by atoms with E-state index in [1.54, 1.807) is 18.2 Å². The van der Waals surface area contributed by atoms with Gasteiger partial charge in [-0.05, 0) is 24.6 Å². The predicted molar refractivity (Wildman–Crippen MR) is 47.3 cm³/mol. The van der Waals surface area contributed by atoms with Gasteiger partial charge in [-0.3, -0.25) is 0 Å². The number of methoxy groups -OCH3 is 1. The molecule has 1 aromatic carbocycles. The van der Waals surface area contributed by atoms with Gasteiger partial charge in [0.05, 0.1) is 7.11 Å². The van der Waals surface area contributed by atoms with Crippen LogP contribution >= 0.6 is 0 Å². The van der Waals surface area contributed by atoms with E-state index in [4.69, 9.17) is 10.5 Å². The van der Waals surface area contributed by atoms with Crippen LogP contribution in [0.4, 0.5) is 0 Å². The molecule has 0 unspecified atom stereocenters. The maximum Gasteiger partial charge on any atom is 0.160 e. The zero-order chi connectivity index (χ0) is 9.14. The largest absolute Gasteiger partial charge is 0.504 e. The molecule has 0 saturated carbocycles. The van der Waals surface area contributed by atoms with Crippen molar-refractivity contribution in [1.29, 1.82) is 0 Å². The minimum atomic E-state index is -0.0421. The number of nitrogens with two attached hydrogens (primary N) is 1. The number of hydrogen-bond donors (Lipinski definition) is 2. The maximum atomic E-state index is 9.25. The second-order valence-electron chi connectivity index (χ2n) is 2.72. The van der Waals surface area contributed by atoms with Gasteiger partial charge in [-0.25, -0.2) is 0 Å². The van der Waals surface area contributed by atoms with Crippen LogP contribution in [-0.4, -0.2) is 12.2 Å². The number of aromatic hydroxyl groups is 1. The molecule has 3 heteroatoms. The highest BCUT2D eigenvalue weighted by atomic mass is 16.5. The molecule has 0 aliphatic carbocycles. The summed E-state index contributed by atoms with van der Waals surface area (Å²) >= 11 is 0. The highest BCUT2D eigenvalue weighted by molar-refractivity contribution is 5.42. The molecule has 12 heavy (non-hydrogen) atoms. The third-order valence-corrected chi connectivity index (χ3v) is 1.73. The topological polar surface area (TPSA) is 55.5 Å². The van der Waals surface area contributed by atoms with Gasteiger partial charge in [0.2, 0.25) is 0 Å². The van der Waals surface area contributed by atoms with Crippen LogP contribution in [0.5, 0.6) is 11.5 Å². The number of phenols is 1. The summed E-state index contributed by atoms with van der Waals surface area (Å²) in [7, 11) is 1.51. The van der Waals surface area contributed by atoms with Crippen LogP contribution in [0.25, 0.3) is 0 Å². The Bertz CT molecular complexity index is 271. The average Bonchev–Trinajstić information content (AvgIpc) is 2.05. The smallest absolute Gasteiger partial charge is 0.160 e. The lowest BCUT2D eigenvalue weighted by Gasteiger charge is -2.08. The van der Waals surface area contributed by atoms with Gasteiger partial charge in [-0.2, -0.15) is 0 Å². The Morgan fingerprint density at radius 1 is 1.50 bits per heavy atom. The summed E-state index contributed by atoms with van der Waals surface area (Å²) in [5.74, 6) is 0.603. The highest BCUT2D eigenvalue weighted by Crippen LogP contribution is 2.27. The second kappa shape index (κ2) is 3.45. The summed E-state index contributed by atoms with van der Waals surface area (Å²) in [5.41, 5.74) is 6.60. The van der Waals surface area contributed by atoms with E-state index in [9.17, 15) is 5.11 Å². The Balaban J connectivity index is 3.05. The molecule has 0 aromatic heterocycles. The van der Waals surface area contributed by atoms with Crippen molar-refractivity contribution in [1.82, 2.24) is 0 Å². The molecule has 3 N–H and O–H groups in total. The summed E-state index contributed by atoms with van der Waals surface area (Å²) in [5, 5.41) is 9.25. The molecular weight excluding hydrogens is 154 g/mol. The number of phenolic OH excluding ortho intramolecular Hbond substituents is 1. The third-order valence-electron chi connectivity index (χ3n) is 1.73. The van der Waals surface area contributed by atoms with E-state index in [0.717, 1.165) is 5.56 Å². The van der Waals surface area contributed by atoms with Crippen LogP contribution in [0.2, 0.25) is 0 Å². The first-order valence-corrected chi connectivity index (χ1v) is 3.77. The van der Waals surface area contributed by atoms with Gasteiger partial charge in [0, 0.05) is 6.04 Å². The van der Waals surface area contributed by atoms with Crippen molar-refractivity contribution in [2.45, 2.75) is 13.0 Å². The molecule has 0 heterocycles. The van der Waals surface area contributed by atoms with E-state index in [1.807, 2.05) is 6.92 Å². The van der Waals surface area contributed by atoms with Gasteiger partial charge in [0.15, 0.2) is 11.5 Å². The summed E-state index contributed by atoms with van der Waals surface area (Å²) in [6.07, 6.45) is 0. The van der Waals surface area contributed by atoms with Gasteiger partial charge >= 0.3 is 0 Å². The Labute approximate surface area is 71.8 Å². The van der Waals surface area contributed by atoms with Gasteiger partial charge in [-0.1, -0.05) is 6.07 Å². The van der Waals surface area contributed by atoms with E-state index in [-0.39, 0.29) is 11.8 Å². The van der Waals surface area contributed by atoms with Crippen LogP contribution in [0.3, 0.4) is 0 Å². The number of rotatable bonds is 2. The van der Waals surface area contributed by atoms with Crippen molar-refractivity contribution in [2.24, 2.45) is 5.73 Å². The van der Waals surface area contributed by atoms with Crippen LogP contribution in [0, 0.1) is 0 Å². The molecule has 0 amide bonds. The molecule has 0 fully saturated rings. The first-order valence-electron chi connectivity index (χ1n) is 3.77. The Morgan fingerprint density at radius 2 is 2.17 bits per heavy atom. The van der Waals surface area contributed by atoms with Gasteiger partial charge < -0.3 is 15.6 Å². The van der Waals surface area contributed by atoms with E-state index >= 15 is 0 Å². The standard InChI is InChI=1S/C9H13NO2/c1-6(10)7-3-4-8(11)9(5-7)12-2/h3-6,11H,10H2,1-2H3/t6-/m0/s1. The fourth-order valence-corrected chi connectivity index (χ4v) is 0.977. The van der Waals surface area contributed by atoms with Crippen LogP contribution in [0.15, 0.2) is 18.2 Å². The summed E-state index contributed by atoms with van der Waals surface area (Å²) in [6, 6.07) is 5.06. The Morgan fingerprint density at radius 3 is 2.67 bits per heavy atom. The fourth-order valence-electron chi connectivity index (χ4n) is 0.977. The highest BCUT2D eigenvalue weighted by Gasteiger charge is 2.04. The molecule has 1 rings (SSSR count). The van der Waals surface area contributed by atoms with E-state index < -0.39 is 0 Å². The molecular formula is C9H13NO2. The molecule has 0 spiro atoms. The van der Waals surface area contributed by atoms with E-state index in [1.165, 1.54) is 7.11 Å².